The van der Waals surface area contributed by atoms with Gasteiger partial charge in [-0.15, -0.1) is 0 Å². The summed E-state index contributed by atoms with van der Waals surface area (Å²) in [6, 6.07) is 14.3. The first-order chi connectivity index (χ1) is 13.1. The molecule has 0 saturated carbocycles. The zero-order valence-electron chi connectivity index (χ0n) is 14.6. The third kappa shape index (κ3) is 5.31. The molecule has 0 aliphatic heterocycles. The lowest BCUT2D eigenvalue weighted by molar-refractivity contribution is -0.144. The number of carbonyl (C=O) groups excluding carboxylic acids is 1. The van der Waals surface area contributed by atoms with Crippen molar-refractivity contribution in [2.75, 3.05) is 13.2 Å². The van der Waals surface area contributed by atoms with Gasteiger partial charge in [0.1, 0.15) is 24.8 Å². The number of nitrogens with one attached hydrogen (secondary N) is 1. The van der Waals surface area contributed by atoms with Crippen molar-refractivity contribution in [2.45, 2.75) is 19.3 Å². The number of nitrogens with zero attached hydrogens (tertiary/aromatic N) is 1. The number of hydrogen-bond acceptors (Lipinski definition) is 5. The number of halogens is 1. The van der Waals surface area contributed by atoms with Crippen LogP contribution in [0.15, 0.2) is 53.3 Å². The summed E-state index contributed by atoms with van der Waals surface area (Å²) < 4.78 is 10.6. The second-order valence-corrected chi connectivity index (χ2v) is 6.29. The first kappa shape index (κ1) is 18.9. The van der Waals surface area contributed by atoms with E-state index in [1.165, 1.54) is 0 Å². The number of carbonyl (C=O) groups is 1. The molecular formula is C20H19ClN2O4. The molecule has 0 fully saturated rings. The van der Waals surface area contributed by atoms with Crippen LogP contribution in [0.3, 0.4) is 0 Å². The summed E-state index contributed by atoms with van der Waals surface area (Å²) in [5, 5.41) is 1.07. The highest BCUT2D eigenvalue weighted by atomic mass is 35.5. The van der Waals surface area contributed by atoms with Gasteiger partial charge in [0.25, 0.3) is 5.56 Å². The van der Waals surface area contributed by atoms with E-state index in [4.69, 9.17) is 21.1 Å². The van der Waals surface area contributed by atoms with Crippen molar-refractivity contribution in [1.82, 2.24) is 9.97 Å². The molecule has 1 aromatic heterocycles. The largest absolute Gasteiger partial charge is 0.488 e. The van der Waals surface area contributed by atoms with Crippen LogP contribution in [0.4, 0.5) is 0 Å². The molecule has 0 amide bonds. The van der Waals surface area contributed by atoms with Gasteiger partial charge >= 0.3 is 5.97 Å². The van der Waals surface area contributed by atoms with Crippen LogP contribution >= 0.6 is 11.6 Å². The summed E-state index contributed by atoms with van der Waals surface area (Å²) >= 11 is 5.98. The highest BCUT2D eigenvalue weighted by molar-refractivity contribution is 6.32. The van der Waals surface area contributed by atoms with Crippen LogP contribution in [0, 0.1) is 0 Å². The second kappa shape index (κ2) is 9.19. The number of ether oxygens (including phenoxy) is 2. The van der Waals surface area contributed by atoms with E-state index in [9.17, 15) is 9.59 Å². The molecular weight excluding hydrogens is 368 g/mol. The minimum atomic E-state index is -0.319. The van der Waals surface area contributed by atoms with Crippen molar-refractivity contribution in [3.63, 3.8) is 0 Å². The Hall–Kier alpha value is -2.86. The summed E-state index contributed by atoms with van der Waals surface area (Å²) in [6.45, 7) is 0.379. The number of aryl methyl sites for hydroxylation is 1. The van der Waals surface area contributed by atoms with Gasteiger partial charge in [0.2, 0.25) is 0 Å². The lowest BCUT2D eigenvalue weighted by Crippen LogP contribution is -2.14. The maximum atomic E-state index is 12.0. The number of aromatic nitrogens is 2. The molecule has 0 radical (unpaired) electrons. The van der Waals surface area contributed by atoms with Crippen molar-refractivity contribution in [3.05, 3.63) is 69.7 Å². The molecule has 7 heteroatoms. The number of esters is 1. The van der Waals surface area contributed by atoms with E-state index in [1.54, 1.807) is 30.3 Å². The Balaban J connectivity index is 1.40. The molecule has 140 valence electrons. The van der Waals surface area contributed by atoms with Crippen molar-refractivity contribution < 1.29 is 14.3 Å². The Morgan fingerprint density at radius 1 is 1.07 bits per heavy atom. The number of aromatic amines is 1. The van der Waals surface area contributed by atoms with Gasteiger partial charge in [0.15, 0.2) is 0 Å². The van der Waals surface area contributed by atoms with Gasteiger partial charge < -0.3 is 14.5 Å². The van der Waals surface area contributed by atoms with Gasteiger partial charge in [-0.3, -0.25) is 9.59 Å². The third-order valence-electron chi connectivity index (χ3n) is 3.90. The predicted molar refractivity (Wildman–Crippen MR) is 103 cm³/mol. The van der Waals surface area contributed by atoms with Gasteiger partial charge in [-0.2, -0.15) is 0 Å². The van der Waals surface area contributed by atoms with E-state index < -0.39 is 0 Å². The maximum Gasteiger partial charge on any atom is 0.305 e. The topological polar surface area (TPSA) is 81.3 Å². The van der Waals surface area contributed by atoms with E-state index in [-0.39, 0.29) is 31.2 Å². The summed E-state index contributed by atoms with van der Waals surface area (Å²) in [6.07, 6.45) is 1.26. The highest BCUT2D eigenvalue weighted by Crippen LogP contribution is 2.22. The molecule has 0 aliphatic rings. The number of rotatable bonds is 8. The van der Waals surface area contributed by atoms with E-state index in [0.717, 1.165) is 0 Å². The Bertz CT molecular complexity index is 987. The standard InChI is InChI=1S/C20H19ClN2O4/c21-15-7-2-4-9-17(15)26-12-13-27-19(24)11-5-10-18-22-16-8-3-1-6-14(16)20(25)23-18/h1-4,6-9H,5,10-13H2,(H,22,23,25). The molecule has 0 bridgehead atoms. The average molecular weight is 387 g/mol. The smallest absolute Gasteiger partial charge is 0.305 e. The van der Waals surface area contributed by atoms with Gasteiger partial charge in [-0.25, -0.2) is 4.98 Å². The molecule has 27 heavy (non-hydrogen) atoms. The van der Waals surface area contributed by atoms with Crippen LogP contribution in [0.2, 0.25) is 5.02 Å². The fourth-order valence-electron chi connectivity index (χ4n) is 2.59. The molecule has 1 heterocycles. The van der Waals surface area contributed by atoms with Gasteiger partial charge in [-0.05, 0) is 30.7 Å². The lowest BCUT2D eigenvalue weighted by Gasteiger charge is -2.08. The summed E-state index contributed by atoms with van der Waals surface area (Å²) in [4.78, 5) is 31.0. The van der Waals surface area contributed by atoms with Crippen LogP contribution in [0.25, 0.3) is 10.9 Å². The Morgan fingerprint density at radius 2 is 1.85 bits per heavy atom. The molecule has 0 spiro atoms. The number of para-hydroxylation sites is 2. The fraction of sp³-hybridized carbons (Fsp3) is 0.250. The Labute approximate surface area is 161 Å². The van der Waals surface area contributed by atoms with Crippen LogP contribution < -0.4 is 10.3 Å². The van der Waals surface area contributed by atoms with Crippen molar-refractivity contribution in [2.24, 2.45) is 0 Å². The zero-order chi connectivity index (χ0) is 19.1. The fourth-order valence-corrected chi connectivity index (χ4v) is 2.78. The predicted octanol–water partition coefficient (Wildman–Crippen LogP) is 3.52. The monoisotopic (exact) mass is 386 g/mol. The number of benzene rings is 2. The lowest BCUT2D eigenvalue weighted by atomic mass is 10.2. The quantitative estimate of drug-likeness (QED) is 0.473. The molecule has 3 rings (SSSR count). The molecule has 1 N–H and O–H groups in total. The van der Waals surface area contributed by atoms with Gasteiger partial charge in [-0.1, -0.05) is 35.9 Å². The van der Waals surface area contributed by atoms with E-state index in [0.29, 0.717) is 40.3 Å². The van der Waals surface area contributed by atoms with Crippen LogP contribution in [0.5, 0.6) is 5.75 Å². The minimum absolute atomic E-state index is 0.148. The molecule has 2 aromatic carbocycles. The maximum absolute atomic E-state index is 12.0. The highest BCUT2D eigenvalue weighted by Gasteiger charge is 2.07. The minimum Gasteiger partial charge on any atom is -0.488 e. The van der Waals surface area contributed by atoms with E-state index in [1.807, 2.05) is 18.2 Å². The molecule has 6 nitrogen and oxygen atoms in total. The molecule has 0 unspecified atom stereocenters. The van der Waals surface area contributed by atoms with Crippen LogP contribution in [-0.4, -0.2) is 29.2 Å². The van der Waals surface area contributed by atoms with E-state index in [2.05, 4.69) is 9.97 Å². The Morgan fingerprint density at radius 3 is 2.70 bits per heavy atom. The number of hydrogen-bond donors (Lipinski definition) is 1. The SMILES string of the molecule is O=C(CCCc1nc2ccccc2c(=O)[nH]1)OCCOc1ccccc1Cl. The molecule has 0 saturated heterocycles. The molecule has 0 aliphatic carbocycles. The summed E-state index contributed by atoms with van der Waals surface area (Å²) in [7, 11) is 0. The molecule has 0 atom stereocenters. The van der Waals surface area contributed by atoms with E-state index >= 15 is 0 Å². The third-order valence-corrected chi connectivity index (χ3v) is 4.21. The van der Waals surface area contributed by atoms with Gasteiger partial charge in [0, 0.05) is 12.8 Å². The van der Waals surface area contributed by atoms with Crippen molar-refractivity contribution in [1.29, 1.82) is 0 Å². The van der Waals surface area contributed by atoms with Crippen LogP contribution in [0.1, 0.15) is 18.7 Å². The molecule has 3 aromatic rings. The normalized spacial score (nSPS) is 10.7. The first-order valence-electron chi connectivity index (χ1n) is 8.64. The van der Waals surface area contributed by atoms with Crippen molar-refractivity contribution >= 4 is 28.5 Å². The summed E-state index contributed by atoms with van der Waals surface area (Å²) in [5.41, 5.74) is 0.477. The van der Waals surface area contributed by atoms with Crippen LogP contribution in [-0.2, 0) is 16.0 Å². The number of H-pyrrole nitrogens is 1. The first-order valence-corrected chi connectivity index (χ1v) is 9.02. The average Bonchev–Trinajstić information content (AvgIpc) is 2.67. The van der Waals surface area contributed by atoms with Crippen molar-refractivity contribution in [3.8, 4) is 5.75 Å². The number of fused-ring (bicyclic) bond motifs is 1. The summed E-state index contributed by atoms with van der Waals surface area (Å²) in [5.74, 6) is 0.802. The Kier molecular flexibility index (Phi) is 6.44. The second-order valence-electron chi connectivity index (χ2n) is 5.88. The zero-order valence-corrected chi connectivity index (χ0v) is 15.4. The van der Waals surface area contributed by atoms with Gasteiger partial charge in [0.05, 0.1) is 15.9 Å².